The normalized spacial score (nSPS) is 15.4. The molecule has 1 aliphatic rings. The van der Waals surface area contributed by atoms with E-state index in [4.69, 9.17) is 9.47 Å². The molecule has 0 amide bonds. The zero-order chi connectivity index (χ0) is 11.4. The number of hydrogen-bond donors (Lipinski definition) is 0. The molecule has 0 saturated heterocycles. The average Bonchev–Trinajstić information content (AvgIpc) is 3.09. The fraction of sp³-hybridized carbons (Fsp3) is 0.571. The minimum Gasteiger partial charge on any atom is -0.468 e. The summed E-state index contributed by atoms with van der Waals surface area (Å²) in [5, 5.41) is 0. The molecule has 0 bridgehead atoms. The Labute approximate surface area is 97.6 Å². The van der Waals surface area contributed by atoms with Crippen molar-refractivity contribution >= 4 is 0 Å². The summed E-state index contributed by atoms with van der Waals surface area (Å²) in [4.78, 5) is 0. The minimum absolute atomic E-state index is 0.373. The summed E-state index contributed by atoms with van der Waals surface area (Å²) in [5.41, 5.74) is 1.34. The summed E-state index contributed by atoms with van der Waals surface area (Å²) in [6.45, 7) is 5.60. The Morgan fingerprint density at radius 3 is 2.44 bits per heavy atom. The molecule has 88 valence electrons. The van der Waals surface area contributed by atoms with E-state index in [9.17, 15) is 0 Å². The van der Waals surface area contributed by atoms with E-state index in [2.05, 4.69) is 26.0 Å². The van der Waals surface area contributed by atoms with Crippen LogP contribution in [-0.2, 0) is 4.74 Å². The molecule has 0 heterocycles. The van der Waals surface area contributed by atoms with Crippen LogP contribution in [0.3, 0.4) is 0 Å². The molecule has 1 saturated carbocycles. The molecule has 1 aromatic rings. The van der Waals surface area contributed by atoms with E-state index in [1.807, 2.05) is 12.1 Å². The molecular formula is C14H20O2. The van der Waals surface area contributed by atoms with Gasteiger partial charge in [-0.25, -0.2) is 0 Å². The highest BCUT2D eigenvalue weighted by Crippen LogP contribution is 2.28. The quantitative estimate of drug-likeness (QED) is 0.539. The SMILES string of the molecule is CC(C)c1ccc(OCOCC2CC2)cc1. The number of hydrogen-bond acceptors (Lipinski definition) is 2. The molecular weight excluding hydrogens is 200 g/mol. The monoisotopic (exact) mass is 220 g/mol. The molecule has 0 aromatic heterocycles. The molecule has 1 aliphatic carbocycles. The van der Waals surface area contributed by atoms with Gasteiger partial charge in [0.25, 0.3) is 0 Å². The van der Waals surface area contributed by atoms with Crippen molar-refractivity contribution < 1.29 is 9.47 Å². The number of ether oxygens (including phenoxy) is 2. The van der Waals surface area contributed by atoms with Crippen LogP contribution in [0.15, 0.2) is 24.3 Å². The molecule has 0 N–H and O–H groups in total. The van der Waals surface area contributed by atoms with Gasteiger partial charge in [0.2, 0.25) is 0 Å². The lowest BCUT2D eigenvalue weighted by molar-refractivity contribution is 0.00997. The molecule has 2 nitrogen and oxygen atoms in total. The maximum Gasteiger partial charge on any atom is 0.189 e. The van der Waals surface area contributed by atoms with Crippen molar-refractivity contribution in [3.63, 3.8) is 0 Å². The largest absolute Gasteiger partial charge is 0.468 e. The van der Waals surface area contributed by atoms with Gasteiger partial charge in [-0.2, -0.15) is 0 Å². The van der Waals surface area contributed by atoms with E-state index < -0.39 is 0 Å². The van der Waals surface area contributed by atoms with Crippen molar-refractivity contribution in [1.29, 1.82) is 0 Å². The van der Waals surface area contributed by atoms with Gasteiger partial charge in [-0.15, -0.1) is 0 Å². The van der Waals surface area contributed by atoms with Crippen LogP contribution >= 0.6 is 0 Å². The Balaban J connectivity index is 1.71. The maximum atomic E-state index is 5.50. The fourth-order valence-corrected chi connectivity index (χ4v) is 1.56. The van der Waals surface area contributed by atoms with Gasteiger partial charge in [-0.3, -0.25) is 0 Å². The van der Waals surface area contributed by atoms with E-state index in [0.717, 1.165) is 18.3 Å². The van der Waals surface area contributed by atoms with Crippen LogP contribution in [0.1, 0.15) is 38.2 Å². The average molecular weight is 220 g/mol. The Kier molecular flexibility index (Phi) is 3.83. The van der Waals surface area contributed by atoms with E-state index in [-0.39, 0.29) is 0 Å². The van der Waals surface area contributed by atoms with E-state index in [1.54, 1.807) is 0 Å². The van der Waals surface area contributed by atoms with Crippen LogP contribution in [0, 0.1) is 5.92 Å². The second-order valence-corrected chi connectivity index (χ2v) is 4.80. The Morgan fingerprint density at radius 2 is 1.88 bits per heavy atom. The van der Waals surface area contributed by atoms with E-state index in [0.29, 0.717) is 12.7 Å². The summed E-state index contributed by atoms with van der Waals surface area (Å²) in [7, 11) is 0. The first-order valence-electron chi connectivity index (χ1n) is 6.06. The van der Waals surface area contributed by atoms with Crippen molar-refractivity contribution in [1.82, 2.24) is 0 Å². The summed E-state index contributed by atoms with van der Waals surface area (Å²) in [5.74, 6) is 2.26. The first kappa shape index (κ1) is 11.5. The molecule has 1 aromatic carbocycles. The van der Waals surface area contributed by atoms with E-state index in [1.165, 1.54) is 18.4 Å². The number of benzene rings is 1. The summed E-state index contributed by atoms with van der Waals surface area (Å²) >= 11 is 0. The molecule has 2 heteroatoms. The third-order valence-corrected chi connectivity index (χ3v) is 2.91. The Hall–Kier alpha value is -1.02. The molecule has 0 aliphatic heterocycles. The topological polar surface area (TPSA) is 18.5 Å². The first-order valence-corrected chi connectivity index (χ1v) is 6.06. The van der Waals surface area contributed by atoms with Gasteiger partial charge in [0.05, 0.1) is 6.61 Å². The summed E-state index contributed by atoms with van der Waals surface area (Å²) in [6, 6.07) is 8.24. The van der Waals surface area contributed by atoms with Gasteiger partial charge >= 0.3 is 0 Å². The van der Waals surface area contributed by atoms with Crippen molar-refractivity contribution in [3.8, 4) is 5.75 Å². The molecule has 0 unspecified atom stereocenters. The predicted octanol–water partition coefficient (Wildman–Crippen LogP) is 3.57. The Bertz CT molecular complexity index is 312. The first-order chi connectivity index (χ1) is 7.75. The molecule has 0 spiro atoms. The fourth-order valence-electron chi connectivity index (χ4n) is 1.56. The Morgan fingerprint density at radius 1 is 1.19 bits per heavy atom. The molecule has 0 radical (unpaired) electrons. The number of rotatable bonds is 6. The van der Waals surface area contributed by atoms with Crippen molar-refractivity contribution in [2.45, 2.75) is 32.6 Å². The van der Waals surface area contributed by atoms with Gasteiger partial charge in [0.15, 0.2) is 6.79 Å². The van der Waals surface area contributed by atoms with Crippen LogP contribution in [0.2, 0.25) is 0 Å². The highest BCUT2D eigenvalue weighted by atomic mass is 16.7. The minimum atomic E-state index is 0.373. The van der Waals surface area contributed by atoms with Gasteiger partial charge in [0.1, 0.15) is 5.75 Å². The lowest BCUT2D eigenvalue weighted by Gasteiger charge is -2.09. The maximum absolute atomic E-state index is 5.50. The molecule has 2 rings (SSSR count). The summed E-state index contributed by atoms with van der Waals surface area (Å²) in [6.07, 6.45) is 2.65. The van der Waals surface area contributed by atoms with Crippen molar-refractivity contribution in [3.05, 3.63) is 29.8 Å². The third kappa shape index (κ3) is 3.53. The standard InChI is InChI=1S/C14H20O2/c1-11(2)13-5-7-14(8-6-13)16-10-15-9-12-3-4-12/h5-8,11-12H,3-4,9-10H2,1-2H3. The zero-order valence-electron chi connectivity index (χ0n) is 10.1. The second kappa shape index (κ2) is 5.35. The van der Waals surface area contributed by atoms with Crippen LogP contribution in [0.25, 0.3) is 0 Å². The van der Waals surface area contributed by atoms with Gasteiger partial charge < -0.3 is 9.47 Å². The van der Waals surface area contributed by atoms with Crippen molar-refractivity contribution in [2.75, 3.05) is 13.4 Å². The van der Waals surface area contributed by atoms with Gasteiger partial charge in [0, 0.05) is 0 Å². The lowest BCUT2D eigenvalue weighted by Crippen LogP contribution is -2.05. The smallest absolute Gasteiger partial charge is 0.189 e. The zero-order valence-corrected chi connectivity index (χ0v) is 10.1. The third-order valence-electron chi connectivity index (χ3n) is 2.91. The van der Waals surface area contributed by atoms with Crippen LogP contribution < -0.4 is 4.74 Å². The van der Waals surface area contributed by atoms with Crippen LogP contribution in [0.5, 0.6) is 5.75 Å². The molecule has 1 fully saturated rings. The van der Waals surface area contributed by atoms with Crippen molar-refractivity contribution in [2.24, 2.45) is 5.92 Å². The lowest BCUT2D eigenvalue weighted by atomic mass is 10.0. The van der Waals surface area contributed by atoms with Gasteiger partial charge in [-0.1, -0.05) is 26.0 Å². The van der Waals surface area contributed by atoms with E-state index >= 15 is 0 Å². The van der Waals surface area contributed by atoms with Crippen LogP contribution in [-0.4, -0.2) is 13.4 Å². The highest BCUT2D eigenvalue weighted by Gasteiger charge is 2.20. The van der Waals surface area contributed by atoms with Gasteiger partial charge in [-0.05, 0) is 42.4 Å². The summed E-state index contributed by atoms with van der Waals surface area (Å²) < 4.78 is 10.9. The molecule has 16 heavy (non-hydrogen) atoms. The predicted molar refractivity (Wildman–Crippen MR) is 64.7 cm³/mol. The highest BCUT2D eigenvalue weighted by molar-refractivity contribution is 5.28. The second-order valence-electron chi connectivity index (χ2n) is 4.80. The van der Waals surface area contributed by atoms with Crippen LogP contribution in [0.4, 0.5) is 0 Å². The molecule has 0 atom stereocenters.